The van der Waals surface area contributed by atoms with Crippen LogP contribution in [0, 0.1) is 5.92 Å². The van der Waals surface area contributed by atoms with Crippen LogP contribution in [-0.2, 0) is 5.54 Å². The molecule has 0 radical (unpaired) electrons. The first-order valence-electron chi connectivity index (χ1n) is 10.8. The Morgan fingerprint density at radius 2 is 1.21 bits per heavy atom. The molecule has 1 nitrogen and oxygen atoms in total. The number of likely N-dealkylation sites (tertiary alicyclic amines) is 1. The van der Waals surface area contributed by atoms with Crippen LogP contribution in [0.4, 0.5) is 0 Å². The molecule has 0 spiro atoms. The van der Waals surface area contributed by atoms with Gasteiger partial charge in [-0.1, -0.05) is 104 Å². The van der Waals surface area contributed by atoms with Gasteiger partial charge in [0.15, 0.2) is 0 Å². The molecule has 1 aliphatic rings. The molecule has 0 N–H and O–H groups in total. The van der Waals surface area contributed by atoms with Crippen molar-refractivity contribution in [2.75, 3.05) is 13.1 Å². The predicted molar refractivity (Wildman–Crippen MR) is 118 cm³/mol. The Morgan fingerprint density at radius 3 is 1.64 bits per heavy atom. The summed E-state index contributed by atoms with van der Waals surface area (Å²) in [6, 6.07) is 33.3. The Hall–Kier alpha value is -2.38. The molecule has 3 aromatic rings. The van der Waals surface area contributed by atoms with E-state index in [9.17, 15) is 0 Å². The van der Waals surface area contributed by atoms with Crippen LogP contribution in [0.5, 0.6) is 0 Å². The highest BCUT2D eigenvalue weighted by atomic mass is 15.2. The molecule has 28 heavy (non-hydrogen) atoms. The molecule has 0 aliphatic carbocycles. The number of hydrogen-bond acceptors (Lipinski definition) is 1. The van der Waals surface area contributed by atoms with E-state index in [2.05, 4.69) is 103 Å². The fourth-order valence-electron chi connectivity index (χ4n) is 5.10. The quantitative estimate of drug-likeness (QED) is 0.449. The van der Waals surface area contributed by atoms with E-state index in [-0.39, 0.29) is 5.54 Å². The predicted octanol–water partition coefficient (Wildman–Crippen LogP) is 6.49. The number of piperidine rings is 1. The number of hydrogen-bond donors (Lipinski definition) is 0. The van der Waals surface area contributed by atoms with Gasteiger partial charge in [0.25, 0.3) is 0 Å². The molecule has 1 aliphatic heterocycles. The lowest BCUT2D eigenvalue weighted by atomic mass is 9.74. The molecule has 0 saturated carbocycles. The minimum atomic E-state index is -0.240. The highest BCUT2D eigenvalue weighted by Gasteiger charge is 2.43. The van der Waals surface area contributed by atoms with Gasteiger partial charge in [0.05, 0.1) is 5.54 Å². The van der Waals surface area contributed by atoms with Crippen molar-refractivity contribution in [3.8, 4) is 0 Å². The summed E-state index contributed by atoms with van der Waals surface area (Å²) >= 11 is 0. The third kappa shape index (κ3) is 3.52. The monoisotopic (exact) mass is 369 g/mol. The molecule has 1 heteroatoms. The largest absolute Gasteiger partial charge is 0.286 e. The maximum absolute atomic E-state index is 2.76. The Labute approximate surface area is 170 Å². The van der Waals surface area contributed by atoms with Crippen LogP contribution >= 0.6 is 0 Å². The lowest BCUT2D eigenvalue weighted by Gasteiger charge is -2.49. The summed E-state index contributed by atoms with van der Waals surface area (Å²) in [5.74, 6) is 0.786. The van der Waals surface area contributed by atoms with Crippen molar-refractivity contribution in [1.82, 2.24) is 4.90 Å². The number of nitrogens with zero attached hydrogens (tertiary/aromatic N) is 1. The Kier molecular flexibility index (Phi) is 5.92. The average Bonchev–Trinajstić information content (AvgIpc) is 2.77. The lowest BCUT2D eigenvalue weighted by molar-refractivity contribution is 0.0893. The molecule has 1 fully saturated rings. The van der Waals surface area contributed by atoms with Gasteiger partial charge in [0.1, 0.15) is 0 Å². The fourth-order valence-corrected chi connectivity index (χ4v) is 5.10. The van der Waals surface area contributed by atoms with Crippen LogP contribution in [0.1, 0.15) is 49.3 Å². The zero-order valence-corrected chi connectivity index (χ0v) is 16.9. The summed E-state index contributed by atoms with van der Waals surface area (Å²) in [4.78, 5) is 2.76. The second-order valence-corrected chi connectivity index (χ2v) is 8.05. The summed E-state index contributed by atoms with van der Waals surface area (Å²) in [6.07, 6.45) is 5.23. The third-order valence-corrected chi connectivity index (χ3v) is 6.26. The van der Waals surface area contributed by atoms with Gasteiger partial charge >= 0.3 is 0 Å². The van der Waals surface area contributed by atoms with Crippen molar-refractivity contribution in [3.63, 3.8) is 0 Å². The van der Waals surface area contributed by atoms with Crippen molar-refractivity contribution in [1.29, 1.82) is 0 Å². The second-order valence-electron chi connectivity index (χ2n) is 8.05. The van der Waals surface area contributed by atoms with Gasteiger partial charge in [0.2, 0.25) is 0 Å². The highest BCUT2D eigenvalue weighted by molar-refractivity contribution is 5.49. The van der Waals surface area contributed by atoms with Crippen molar-refractivity contribution in [2.45, 2.75) is 38.1 Å². The van der Waals surface area contributed by atoms with Crippen molar-refractivity contribution in [2.24, 2.45) is 5.92 Å². The first-order valence-corrected chi connectivity index (χ1v) is 10.8. The molecule has 1 unspecified atom stereocenters. The van der Waals surface area contributed by atoms with E-state index in [0.717, 1.165) is 19.0 Å². The van der Waals surface area contributed by atoms with Gasteiger partial charge in [-0.25, -0.2) is 0 Å². The van der Waals surface area contributed by atoms with E-state index >= 15 is 0 Å². The lowest BCUT2D eigenvalue weighted by Crippen LogP contribution is -2.52. The van der Waals surface area contributed by atoms with Gasteiger partial charge in [-0.3, -0.25) is 4.90 Å². The Bertz CT molecular complexity index is 743. The number of benzene rings is 3. The van der Waals surface area contributed by atoms with Crippen molar-refractivity contribution >= 4 is 0 Å². The maximum atomic E-state index is 2.76. The summed E-state index contributed by atoms with van der Waals surface area (Å²) in [5.41, 5.74) is 3.86. The highest BCUT2D eigenvalue weighted by Crippen LogP contribution is 2.44. The minimum Gasteiger partial charge on any atom is -0.286 e. The summed E-state index contributed by atoms with van der Waals surface area (Å²) in [6.45, 7) is 4.61. The minimum absolute atomic E-state index is 0.240. The van der Waals surface area contributed by atoms with E-state index in [1.54, 1.807) is 0 Å². The van der Waals surface area contributed by atoms with E-state index in [1.165, 1.54) is 42.4 Å². The number of rotatable bonds is 6. The van der Waals surface area contributed by atoms with Crippen LogP contribution in [0.2, 0.25) is 0 Å². The van der Waals surface area contributed by atoms with E-state index in [0.29, 0.717) is 0 Å². The zero-order valence-electron chi connectivity index (χ0n) is 16.9. The van der Waals surface area contributed by atoms with Gasteiger partial charge in [-0.2, -0.15) is 0 Å². The van der Waals surface area contributed by atoms with Gasteiger partial charge in [-0.15, -0.1) is 0 Å². The molecule has 144 valence electrons. The van der Waals surface area contributed by atoms with Crippen LogP contribution in [-0.4, -0.2) is 18.0 Å². The summed E-state index contributed by atoms with van der Waals surface area (Å²) in [5, 5.41) is 0. The van der Waals surface area contributed by atoms with Gasteiger partial charge in [0, 0.05) is 6.54 Å². The van der Waals surface area contributed by atoms with E-state index in [1.807, 2.05) is 0 Å². The molecule has 1 heterocycles. The Morgan fingerprint density at radius 1 is 0.750 bits per heavy atom. The molecular formula is C27H31N. The molecule has 3 aromatic carbocycles. The molecular weight excluding hydrogens is 338 g/mol. The molecule has 4 rings (SSSR count). The topological polar surface area (TPSA) is 3.24 Å². The Balaban J connectivity index is 1.93. The normalized spacial score (nSPS) is 18.1. The summed E-state index contributed by atoms with van der Waals surface area (Å²) in [7, 11) is 0. The summed E-state index contributed by atoms with van der Waals surface area (Å²) < 4.78 is 0. The molecule has 1 atom stereocenters. The molecule has 0 amide bonds. The second kappa shape index (κ2) is 8.75. The van der Waals surface area contributed by atoms with E-state index in [4.69, 9.17) is 0 Å². The molecule has 0 bridgehead atoms. The fraction of sp³-hybridized carbons (Fsp3) is 0.333. The average molecular weight is 370 g/mol. The van der Waals surface area contributed by atoms with Crippen LogP contribution in [0.15, 0.2) is 91.0 Å². The van der Waals surface area contributed by atoms with Gasteiger partial charge in [-0.05, 0) is 48.4 Å². The van der Waals surface area contributed by atoms with Gasteiger partial charge < -0.3 is 0 Å². The first kappa shape index (κ1) is 19.0. The SMILES string of the molecule is CCCC1CCCN(C(c2ccccc2)(c2ccccc2)c2ccccc2)C1. The van der Waals surface area contributed by atoms with Crippen LogP contribution in [0.3, 0.4) is 0 Å². The van der Waals surface area contributed by atoms with Crippen molar-refractivity contribution < 1.29 is 0 Å². The zero-order chi connectivity index (χ0) is 19.2. The maximum Gasteiger partial charge on any atom is 0.0973 e. The smallest absolute Gasteiger partial charge is 0.0973 e. The third-order valence-electron chi connectivity index (χ3n) is 6.26. The van der Waals surface area contributed by atoms with Crippen molar-refractivity contribution in [3.05, 3.63) is 108 Å². The molecule has 1 saturated heterocycles. The van der Waals surface area contributed by atoms with Crippen LogP contribution in [0.25, 0.3) is 0 Å². The molecule has 0 aromatic heterocycles. The van der Waals surface area contributed by atoms with Crippen LogP contribution < -0.4 is 0 Å². The first-order chi connectivity index (χ1) is 13.9. The standard InChI is InChI=1S/C27H31N/c1-2-13-23-14-12-21-28(22-23)27(24-15-6-3-7-16-24,25-17-8-4-9-18-25)26-19-10-5-11-20-26/h3-11,15-20,23H,2,12-14,21-22H2,1H3. The van der Waals surface area contributed by atoms with E-state index < -0.39 is 0 Å².